The quantitative estimate of drug-likeness (QED) is 0.809. The van der Waals surface area contributed by atoms with Crippen molar-refractivity contribution in [2.24, 2.45) is 0 Å². The maximum absolute atomic E-state index is 12.1. The monoisotopic (exact) mass is 354 g/mol. The van der Waals surface area contributed by atoms with Gasteiger partial charge in [-0.3, -0.25) is 9.69 Å². The summed E-state index contributed by atoms with van der Waals surface area (Å²) < 4.78 is 11.2. The van der Waals surface area contributed by atoms with E-state index in [9.17, 15) is 9.90 Å². The second kappa shape index (κ2) is 8.80. The van der Waals surface area contributed by atoms with Crippen molar-refractivity contribution in [2.75, 3.05) is 46.0 Å². The fourth-order valence-electron chi connectivity index (χ4n) is 4.78. The van der Waals surface area contributed by atoms with E-state index in [1.165, 1.54) is 19.3 Å². The first-order valence-corrected chi connectivity index (χ1v) is 9.97. The number of carbonyl (C=O) groups excluding carboxylic acids is 1. The zero-order chi connectivity index (χ0) is 17.7. The van der Waals surface area contributed by atoms with Gasteiger partial charge in [0.15, 0.2) is 0 Å². The molecule has 1 saturated carbocycles. The van der Waals surface area contributed by atoms with Gasteiger partial charge < -0.3 is 19.5 Å². The molecule has 1 unspecified atom stereocenters. The maximum Gasteiger partial charge on any atom is 0.219 e. The molecule has 2 saturated heterocycles. The molecule has 0 aromatic heterocycles. The topological polar surface area (TPSA) is 62.2 Å². The lowest BCUT2D eigenvalue weighted by Crippen LogP contribution is -2.64. The predicted molar refractivity (Wildman–Crippen MR) is 95.4 cm³/mol. The van der Waals surface area contributed by atoms with Crippen LogP contribution in [0.2, 0.25) is 0 Å². The fourth-order valence-corrected chi connectivity index (χ4v) is 4.78. The van der Waals surface area contributed by atoms with Crippen LogP contribution >= 0.6 is 0 Å². The third-order valence-corrected chi connectivity index (χ3v) is 6.06. The molecule has 1 spiro atoms. The van der Waals surface area contributed by atoms with Crippen molar-refractivity contribution in [3.63, 3.8) is 0 Å². The van der Waals surface area contributed by atoms with E-state index in [4.69, 9.17) is 9.47 Å². The highest BCUT2D eigenvalue weighted by atomic mass is 16.5. The summed E-state index contributed by atoms with van der Waals surface area (Å²) in [6.07, 6.45) is 7.47. The minimum Gasteiger partial charge on any atom is -0.389 e. The van der Waals surface area contributed by atoms with Gasteiger partial charge in [-0.15, -0.1) is 0 Å². The van der Waals surface area contributed by atoms with Crippen LogP contribution in [0, 0.1) is 0 Å². The molecule has 1 aliphatic carbocycles. The van der Waals surface area contributed by atoms with Crippen LogP contribution in [0.1, 0.15) is 51.9 Å². The third-order valence-electron chi connectivity index (χ3n) is 6.06. The van der Waals surface area contributed by atoms with Crippen molar-refractivity contribution in [3.8, 4) is 0 Å². The summed E-state index contributed by atoms with van der Waals surface area (Å²) in [5, 5.41) is 10.4. The summed E-state index contributed by atoms with van der Waals surface area (Å²) >= 11 is 0. The number of amides is 1. The average Bonchev–Trinajstić information content (AvgIpc) is 2.61. The first-order valence-electron chi connectivity index (χ1n) is 9.97. The minimum absolute atomic E-state index is 0.0103. The summed E-state index contributed by atoms with van der Waals surface area (Å²) in [6.45, 7) is 6.76. The van der Waals surface area contributed by atoms with Gasteiger partial charge >= 0.3 is 0 Å². The van der Waals surface area contributed by atoms with Crippen LogP contribution in [0.4, 0.5) is 0 Å². The summed E-state index contributed by atoms with van der Waals surface area (Å²) in [5.41, 5.74) is -0.0103. The molecule has 0 radical (unpaired) electrons. The van der Waals surface area contributed by atoms with Gasteiger partial charge in [0.05, 0.1) is 24.4 Å². The Morgan fingerprint density at radius 2 is 1.96 bits per heavy atom. The number of hydrogen-bond donors (Lipinski definition) is 1. The Labute approximate surface area is 151 Å². The molecule has 25 heavy (non-hydrogen) atoms. The Morgan fingerprint density at radius 1 is 1.24 bits per heavy atom. The van der Waals surface area contributed by atoms with Crippen LogP contribution in [0.25, 0.3) is 0 Å². The van der Waals surface area contributed by atoms with Gasteiger partial charge in [0.1, 0.15) is 0 Å². The van der Waals surface area contributed by atoms with E-state index in [0.717, 1.165) is 58.5 Å². The lowest BCUT2D eigenvalue weighted by atomic mass is 9.78. The zero-order valence-electron chi connectivity index (χ0n) is 15.6. The van der Waals surface area contributed by atoms with E-state index in [0.29, 0.717) is 13.2 Å². The van der Waals surface area contributed by atoms with Gasteiger partial charge in [-0.1, -0.05) is 19.3 Å². The van der Waals surface area contributed by atoms with E-state index in [2.05, 4.69) is 9.80 Å². The molecular formula is C19H34N2O4. The van der Waals surface area contributed by atoms with Crippen LogP contribution in [0.3, 0.4) is 0 Å². The molecule has 6 heteroatoms. The standard InChI is InChI=1S/C19H34N2O4/c1-16(22)21-10-9-20(15-19(21)7-3-2-4-8-19)13-17(23)14-25-18-5-11-24-12-6-18/h17-18,23H,2-15H2,1H3. The molecule has 0 aromatic rings. The molecule has 2 aliphatic heterocycles. The van der Waals surface area contributed by atoms with Gasteiger partial charge in [-0.05, 0) is 25.7 Å². The van der Waals surface area contributed by atoms with Crippen LogP contribution in [0.15, 0.2) is 0 Å². The molecule has 0 aromatic carbocycles. The van der Waals surface area contributed by atoms with Gasteiger partial charge in [-0.25, -0.2) is 0 Å². The number of nitrogens with zero attached hydrogens (tertiary/aromatic N) is 2. The van der Waals surface area contributed by atoms with Gasteiger partial charge in [0, 0.05) is 46.3 Å². The summed E-state index contributed by atoms with van der Waals surface area (Å²) in [5.74, 6) is 0.199. The SMILES string of the molecule is CC(=O)N1CCN(CC(O)COC2CCOCC2)CC12CCCCC2. The van der Waals surface area contributed by atoms with E-state index in [1.54, 1.807) is 6.92 Å². The fraction of sp³-hybridized carbons (Fsp3) is 0.947. The average molecular weight is 354 g/mol. The van der Waals surface area contributed by atoms with Crippen LogP contribution < -0.4 is 0 Å². The Kier molecular flexibility index (Phi) is 6.72. The molecule has 3 fully saturated rings. The molecule has 1 atom stereocenters. The highest BCUT2D eigenvalue weighted by Gasteiger charge is 2.43. The largest absolute Gasteiger partial charge is 0.389 e. The first-order chi connectivity index (χ1) is 12.1. The van der Waals surface area contributed by atoms with E-state index in [-0.39, 0.29) is 17.6 Å². The molecule has 1 amide bonds. The highest BCUT2D eigenvalue weighted by molar-refractivity contribution is 5.74. The molecule has 3 aliphatic rings. The number of aliphatic hydroxyl groups is 1. The Bertz CT molecular complexity index is 433. The summed E-state index contributed by atoms with van der Waals surface area (Å²) in [7, 11) is 0. The van der Waals surface area contributed by atoms with Crippen molar-refractivity contribution >= 4 is 5.91 Å². The number of aliphatic hydroxyl groups excluding tert-OH is 1. The smallest absolute Gasteiger partial charge is 0.219 e. The summed E-state index contributed by atoms with van der Waals surface area (Å²) in [6, 6.07) is 0. The summed E-state index contributed by atoms with van der Waals surface area (Å²) in [4.78, 5) is 16.5. The lowest BCUT2D eigenvalue weighted by molar-refractivity contribution is -0.143. The van der Waals surface area contributed by atoms with Crippen molar-refractivity contribution in [1.82, 2.24) is 9.80 Å². The molecule has 0 bridgehead atoms. The number of β-amino-alcohol motifs (C(OH)–C–C–N with tert-alkyl or cyclic N) is 1. The molecule has 3 rings (SSSR count). The van der Waals surface area contributed by atoms with Crippen molar-refractivity contribution in [3.05, 3.63) is 0 Å². The van der Waals surface area contributed by atoms with Gasteiger partial charge in [0.25, 0.3) is 0 Å². The van der Waals surface area contributed by atoms with Crippen LogP contribution in [-0.2, 0) is 14.3 Å². The number of rotatable bonds is 5. The molecular weight excluding hydrogens is 320 g/mol. The zero-order valence-corrected chi connectivity index (χ0v) is 15.6. The lowest BCUT2D eigenvalue weighted by Gasteiger charge is -2.53. The Hall–Kier alpha value is -0.690. The molecule has 2 heterocycles. The van der Waals surface area contributed by atoms with Gasteiger partial charge in [-0.2, -0.15) is 0 Å². The van der Waals surface area contributed by atoms with Crippen molar-refractivity contribution in [1.29, 1.82) is 0 Å². The molecule has 6 nitrogen and oxygen atoms in total. The second-order valence-electron chi connectivity index (χ2n) is 7.99. The van der Waals surface area contributed by atoms with Gasteiger partial charge in [0.2, 0.25) is 5.91 Å². The highest BCUT2D eigenvalue weighted by Crippen LogP contribution is 2.36. The van der Waals surface area contributed by atoms with Crippen molar-refractivity contribution in [2.45, 2.75) is 69.6 Å². The number of carbonyl (C=O) groups is 1. The van der Waals surface area contributed by atoms with Crippen molar-refractivity contribution < 1.29 is 19.4 Å². The maximum atomic E-state index is 12.1. The number of ether oxygens (including phenoxy) is 2. The normalized spacial score (nSPS) is 26.7. The molecule has 1 N–H and O–H groups in total. The van der Waals surface area contributed by atoms with Crippen LogP contribution in [0.5, 0.6) is 0 Å². The number of hydrogen-bond acceptors (Lipinski definition) is 5. The second-order valence-corrected chi connectivity index (χ2v) is 7.99. The van der Waals surface area contributed by atoms with E-state index < -0.39 is 6.10 Å². The Morgan fingerprint density at radius 3 is 2.64 bits per heavy atom. The van der Waals surface area contributed by atoms with Crippen LogP contribution in [-0.4, -0.2) is 84.6 Å². The Balaban J connectivity index is 1.49. The number of piperazine rings is 1. The molecule has 144 valence electrons. The predicted octanol–water partition coefficient (Wildman–Crippen LogP) is 1.41. The van der Waals surface area contributed by atoms with E-state index >= 15 is 0 Å². The van der Waals surface area contributed by atoms with E-state index in [1.807, 2.05) is 0 Å². The first kappa shape index (κ1) is 19.1. The third kappa shape index (κ3) is 4.94. The minimum atomic E-state index is -0.465.